The number of hydrogen-bond acceptors (Lipinski definition) is 4. The summed E-state index contributed by atoms with van der Waals surface area (Å²) in [5.41, 5.74) is 0.754. The van der Waals surface area contributed by atoms with Gasteiger partial charge in [0, 0.05) is 13.1 Å². The van der Waals surface area contributed by atoms with Crippen LogP contribution in [0.2, 0.25) is 10.0 Å². The van der Waals surface area contributed by atoms with Crippen LogP contribution in [-0.2, 0) is 26.2 Å². The average Bonchev–Trinajstić information content (AvgIpc) is 2.78. The molecule has 0 aliphatic carbocycles. The number of benzene rings is 2. The molecule has 1 atom stereocenters. The van der Waals surface area contributed by atoms with Gasteiger partial charge < -0.3 is 10.2 Å². The molecular weight excluding hydrogens is 516 g/mol. The van der Waals surface area contributed by atoms with Crippen LogP contribution in [0.4, 0.5) is 10.1 Å². The minimum Gasteiger partial charge on any atom is -0.354 e. The van der Waals surface area contributed by atoms with Gasteiger partial charge in [-0.15, -0.1) is 0 Å². The van der Waals surface area contributed by atoms with E-state index >= 15 is 0 Å². The van der Waals surface area contributed by atoms with Gasteiger partial charge in [0.1, 0.15) is 18.4 Å². The number of rotatable bonds is 11. The highest BCUT2D eigenvalue weighted by molar-refractivity contribution is 7.92. The molecule has 192 valence electrons. The van der Waals surface area contributed by atoms with E-state index in [1.54, 1.807) is 25.1 Å². The molecule has 0 spiro atoms. The Morgan fingerprint density at radius 1 is 1.06 bits per heavy atom. The summed E-state index contributed by atoms with van der Waals surface area (Å²) in [4.78, 5) is 27.9. The summed E-state index contributed by atoms with van der Waals surface area (Å²) in [5.74, 6) is -1.28. The summed E-state index contributed by atoms with van der Waals surface area (Å²) < 4.78 is 39.3. The van der Waals surface area contributed by atoms with Gasteiger partial charge in [0.2, 0.25) is 21.8 Å². The van der Waals surface area contributed by atoms with E-state index in [-0.39, 0.29) is 29.1 Å². The third-order valence-corrected chi connectivity index (χ3v) is 7.08. The zero-order chi connectivity index (χ0) is 26.3. The number of halogens is 3. The Morgan fingerprint density at radius 3 is 2.20 bits per heavy atom. The molecule has 0 bridgehead atoms. The molecule has 0 aliphatic heterocycles. The van der Waals surface area contributed by atoms with Gasteiger partial charge in [0.15, 0.2) is 0 Å². The molecule has 35 heavy (non-hydrogen) atoms. The fraction of sp³-hybridized carbons (Fsp3) is 0.417. The van der Waals surface area contributed by atoms with Gasteiger partial charge in [0.05, 0.1) is 22.0 Å². The Morgan fingerprint density at radius 2 is 1.69 bits per heavy atom. The normalized spacial score (nSPS) is 12.3. The predicted octanol–water partition coefficient (Wildman–Crippen LogP) is 4.48. The molecule has 2 rings (SSSR count). The van der Waals surface area contributed by atoms with Crippen LogP contribution in [0.3, 0.4) is 0 Å². The van der Waals surface area contributed by atoms with Gasteiger partial charge in [-0.2, -0.15) is 0 Å². The fourth-order valence-electron chi connectivity index (χ4n) is 3.40. The first-order chi connectivity index (χ1) is 16.3. The summed E-state index contributed by atoms with van der Waals surface area (Å²) in [6.45, 7) is 5.53. The van der Waals surface area contributed by atoms with Crippen molar-refractivity contribution in [2.75, 3.05) is 23.7 Å². The number of anilines is 1. The van der Waals surface area contributed by atoms with Crippen LogP contribution in [0.25, 0.3) is 0 Å². The number of amides is 2. The molecule has 0 saturated carbocycles. The molecule has 2 amide bonds. The second kappa shape index (κ2) is 12.6. The Labute approximate surface area is 216 Å². The van der Waals surface area contributed by atoms with Crippen molar-refractivity contribution in [2.24, 2.45) is 5.92 Å². The lowest BCUT2D eigenvalue weighted by atomic mass is 10.1. The van der Waals surface area contributed by atoms with Crippen molar-refractivity contribution in [3.8, 4) is 0 Å². The maximum atomic E-state index is 13.5. The maximum absolute atomic E-state index is 13.5. The van der Waals surface area contributed by atoms with Crippen LogP contribution in [-0.4, -0.2) is 50.5 Å². The topological polar surface area (TPSA) is 86.8 Å². The lowest BCUT2D eigenvalue weighted by Crippen LogP contribution is -2.52. The van der Waals surface area contributed by atoms with E-state index in [4.69, 9.17) is 23.2 Å². The monoisotopic (exact) mass is 545 g/mol. The summed E-state index contributed by atoms with van der Waals surface area (Å²) in [6, 6.07) is 8.78. The minimum absolute atomic E-state index is 0.00431. The molecular formula is C24H30Cl2FN3O4S. The second-order valence-electron chi connectivity index (χ2n) is 8.58. The van der Waals surface area contributed by atoms with Gasteiger partial charge in [0.25, 0.3) is 0 Å². The van der Waals surface area contributed by atoms with Gasteiger partial charge in [-0.05, 0) is 54.3 Å². The van der Waals surface area contributed by atoms with E-state index in [1.165, 1.54) is 17.0 Å². The number of nitrogens with one attached hydrogen (secondary N) is 1. The van der Waals surface area contributed by atoms with E-state index in [0.717, 1.165) is 22.7 Å². The molecule has 1 unspecified atom stereocenters. The molecule has 0 fully saturated rings. The molecule has 7 nitrogen and oxygen atoms in total. The maximum Gasteiger partial charge on any atom is 0.244 e. The number of carbonyl (C=O) groups is 2. The predicted molar refractivity (Wildman–Crippen MR) is 138 cm³/mol. The first-order valence-corrected chi connectivity index (χ1v) is 13.7. The lowest BCUT2D eigenvalue weighted by Gasteiger charge is -2.33. The molecule has 2 aromatic carbocycles. The van der Waals surface area contributed by atoms with Gasteiger partial charge in [-0.3, -0.25) is 13.9 Å². The highest BCUT2D eigenvalue weighted by atomic mass is 35.5. The van der Waals surface area contributed by atoms with Crippen molar-refractivity contribution in [2.45, 2.75) is 39.8 Å². The van der Waals surface area contributed by atoms with Crippen molar-refractivity contribution in [3.05, 3.63) is 63.9 Å². The molecule has 1 N–H and O–H groups in total. The van der Waals surface area contributed by atoms with Crippen molar-refractivity contribution in [1.29, 1.82) is 0 Å². The lowest BCUT2D eigenvalue weighted by molar-refractivity contribution is -0.140. The summed E-state index contributed by atoms with van der Waals surface area (Å²) in [6.07, 6.45) is 1.26. The van der Waals surface area contributed by atoms with Crippen molar-refractivity contribution in [3.63, 3.8) is 0 Å². The van der Waals surface area contributed by atoms with Gasteiger partial charge >= 0.3 is 0 Å². The minimum atomic E-state index is -3.89. The van der Waals surface area contributed by atoms with E-state index in [0.29, 0.717) is 23.6 Å². The summed E-state index contributed by atoms with van der Waals surface area (Å²) >= 11 is 12.2. The second-order valence-corrected chi connectivity index (χ2v) is 11.3. The first kappa shape index (κ1) is 28.9. The summed E-state index contributed by atoms with van der Waals surface area (Å²) in [7, 11) is -3.89. The van der Waals surface area contributed by atoms with E-state index < -0.39 is 34.3 Å². The summed E-state index contributed by atoms with van der Waals surface area (Å²) in [5, 5.41) is 3.47. The van der Waals surface area contributed by atoms with Crippen LogP contribution < -0.4 is 9.62 Å². The zero-order valence-corrected chi connectivity index (χ0v) is 22.4. The molecule has 0 saturated heterocycles. The number of sulfonamides is 1. The van der Waals surface area contributed by atoms with Crippen LogP contribution in [0.1, 0.15) is 32.8 Å². The van der Waals surface area contributed by atoms with Crippen molar-refractivity contribution >= 4 is 50.7 Å². The van der Waals surface area contributed by atoms with Gasteiger partial charge in [-0.25, -0.2) is 12.8 Å². The number of hydrogen-bond donors (Lipinski definition) is 1. The standard InChI is InChI=1S/C24H30Cl2FN3O4S/c1-5-22(24(32)28-13-16(2)3)29(14-17-6-11-20(25)21(26)12-17)23(31)15-30(35(4,33)34)19-9-7-18(27)8-10-19/h6-12,16,22H,5,13-15H2,1-4H3,(H,28,32). The van der Waals surface area contributed by atoms with E-state index in [9.17, 15) is 22.4 Å². The average molecular weight is 546 g/mol. The first-order valence-electron chi connectivity index (χ1n) is 11.1. The SMILES string of the molecule is CCC(C(=O)NCC(C)C)N(Cc1ccc(Cl)c(Cl)c1)C(=O)CN(c1ccc(F)cc1)S(C)(=O)=O. The highest BCUT2D eigenvalue weighted by Gasteiger charge is 2.31. The largest absolute Gasteiger partial charge is 0.354 e. The van der Waals surface area contributed by atoms with E-state index in [2.05, 4.69) is 5.32 Å². The molecule has 0 heterocycles. The zero-order valence-electron chi connectivity index (χ0n) is 20.1. The quantitative estimate of drug-likeness (QED) is 0.451. The van der Waals surface area contributed by atoms with Crippen LogP contribution in [0, 0.1) is 11.7 Å². The fourth-order valence-corrected chi connectivity index (χ4v) is 4.57. The smallest absolute Gasteiger partial charge is 0.244 e. The van der Waals surface area contributed by atoms with Crippen molar-refractivity contribution < 1.29 is 22.4 Å². The molecule has 0 aliphatic rings. The van der Waals surface area contributed by atoms with Crippen LogP contribution >= 0.6 is 23.2 Å². The van der Waals surface area contributed by atoms with Gasteiger partial charge in [-0.1, -0.05) is 50.0 Å². The highest BCUT2D eigenvalue weighted by Crippen LogP contribution is 2.25. The molecule has 0 radical (unpaired) electrons. The third kappa shape index (κ3) is 8.37. The number of nitrogens with zero attached hydrogens (tertiary/aromatic N) is 2. The molecule has 0 aromatic heterocycles. The molecule has 2 aromatic rings. The number of carbonyl (C=O) groups excluding carboxylic acids is 2. The Hall–Kier alpha value is -2.36. The Kier molecular flexibility index (Phi) is 10.4. The Balaban J connectivity index is 2.43. The van der Waals surface area contributed by atoms with E-state index in [1.807, 2.05) is 13.8 Å². The third-order valence-electron chi connectivity index (χ3n) is 5.20. The van der Waals surface area contributed by atoms with Crippen LogP contribution in [0.15, 0.2) is 42.5 Å². The van der Waals surface area contributed by atoms with Crippen molar-refractivity contribution in [1.82, 2.24) is 10.2 Å². The van der Waals surface area contributed by atoms with Crippen LogP contribution in [0.5, 0.6) is 0 Å². The molecule has 11 heteroatoms. The Bertz CT molecular complexity index is 1140.